The lowest BCUT2D eigenvalue weighted by Crippen LogP contribution is -2.44. The third-order valence-corrected chi connectivity index (χ3v) is 7.52. The number of nitrogens with two attached hydrogens (primary N) is 1. The predicted molar refractivity (Wildman–Crippen MR) is 153 cm³/mol. The standard InChI is InChI=1S/C29H32FN9O2/c30-21-15-32-13-12-22(21)37-28(40)24-16-33-27-23(34-18-6-7-18)14-25(38-39(24)27)35-19-8-10-20(11-9-19)36-29(41)26(31)17-4-2-1-3-5-17/h1-5,12-16,18-20,26,34H,6-11,31H2,(H,35,38)(H,36,41)(H,32,37,40)/t19?,20?,26-/m0/s1. The predicted octanol–water partition coefficient (Wildman–Crippen LogP) is 3.63. The third kappa shape index (κ3) is 6.12. The number of hydrogen-bond donors (Lipinski definition) is 5. The summed E-state index contributed by atoms with van der Waals surface area (Å²) < 4.78 is 15.6. The molecule has 1 atom stereocenters. The highest BCUT2D eigenvalue weighted by molar-refractivity contribution is 6.03. The van der Waals surface area contributed by atoms with Gasteiger partial charge in [0, 0.05) is 30.4 Å². The van der Waals surface area contributed by atoms with Crippen LogP contribution in [0.2, 0.25) is 0 Å². The first-order valence-corrected chi connectivity index (χ1v) is 13.9. The number of halogens is 1. The van der Waals surface area contributed by atoms with E-state index < -0.39 is 17.8 Å². The maximum atomic E-state index is 14.1. The van der Waals surface area contributed by atoms with Crippen molar-refractivity contribution < 1.29 is 14.0 Å². The quantitative estimate of drug-likeness (QED) is 0.209. The molecule has 0 spiro atoms. The molecule has 2 saturated carbocycles. The van der Waals surface area contributed by atoms with Crippen LogP contribution >= 0.6 is 0 Å². The third-order valence-electron chi connectivity index (χ3n) is 7.52. The van der Waals surface area contributed by atoms with E-state index in [1.54, 1.807) is 0 Å². The van der Waals surface area contributed by atoms with Crippen LogP contribution < -0.4 is 27.0 Å². The minimum Gasteiger partial charge on any atom is -0.379 e. The molecular weight excluding hydrogens is 525 g/mol. The number of nitrogens with one attached hydrogen (secondary N) is 4. The summed E-state index contributed by atoms with van der Waals surface area (Å²) in [6.45, 7) is 0. The zero-order valence-electron chi connectivity index (χ0n) is 22.4. The summed E-state index contributed by atoms with van der Waals surface area (Å²) in [6.07, 6.45) is 9.28. The lowest BCUT2D eigenvalue weighted by atomic mass is 9.90. The van der Waals surface area contributed by atoms with E-state index in [2.05, 4.69) is 36.3 Å². The molecule has 0 bridgehead atoms. The molecule has 0 saturated heterocycles. The number of anilines is 3. The van der Waals surface area contributed by atoms with E-state index in [-0.39, 0.29) is 29.4 Å². The van der Waals surface area contributed by atoms with Gasteiger partial charge >= 0.3 is 0 Å². The summed E-state index contributed by atoms with van der Waals surface area (Å²) in [7, 11) is 0. The molecule has 2 aliphatic rings. The van der Waals surface area contributed by atoms with Crippen molar-refractivity contribution in [3.8, 4) is 0 Å². The fraction of sp³-hybridized carbons (Fsp3) is 0.345. The Morgan fingerprint density at radius 2 is 1.63 bits per heavy atom. The van der Waals surface area contributed by atoms with Crippen LogP contribution in [0.3, 0.4) is 0 Å². The molecule has 1 aromatic carbocycles. The molecule has 0 aliphatic heterocycles. The molecule has 0 radical (unpaired) electrons. The van der Waals surface area contributed by atoms with Crippen LogP contribution in [-0.2, 0) is 4.79 Å². The molecule has 2 fully saturated rings. The fourth-order valence-corrected chi connectivity index (χ4v) is 5.10. The van der Waals surface area contributed by atoms with Crippen molar-refractivity contribution >= 4 is 34.7 Å². The van der Waals surface area contributed by atoms with Gasteiger partial charge in [-0.25, -0.2) is 13.9 Å². The highest BCUT2D eigenvalue weighted by atomic mass is 19.1. The molecule has 2 amide bonds. The number of aromatic nitrogens is 4. The van der Waals surface area contributed by atoms with E-state index in [4.69, 9.17) is 5.73 Å². The van der Waals surface area contributed by atoms with Crippen molar-refractivity contribution in [3.63, 3.8) is 0 Å². The number of amides is 2. The molecule has 41 heavy (non-hydrogen) atoms. The highest BCUT2D eigenvalue weighted by Crippen LogP contribution is 2.30. The minimum absolute atomic E-state index is 0.0270. The fourth-order valence-electron chi connectivity index (χ4n) is 5.10. The first-order valence-electron chi connectivity index (χ1n) is 13.9. The number of imidazole rings is 1. The van der Waals surface area contributed by atoms with Crippen LogP contribution in [0.5, 0.6) is 0 Å². The average Bonchev–Trinajstić information content (AvgIpc) is 3.70. The monoisotopic (exact) mass is 557 g/mol. The number of rotatable bonds is 9. The maximum Gasteiger partial charge on any atom is 0.276 e. The van der Waals surface area contributed by atoms with Crippen molar-refractivity contribution in [3.05, 3.63) is 78.1 Å². The van der Waals surface area contributed by atoms with Crippen molar-refractivity contribution in [2.45, 2.75) is 62.7 Å². The van der Waals surface area contributed by atoms with E-state index in [0.29, 0.717) is 17.5 Å². The maximum absolute atomic E-state index is 14.1. The Morgan fingerprint density at radius 1 is 0.927 bits per heavy atom. The van der Waals surface area contributed by atoms with Gasteiger partial charge in [0.2, 0.25) is 5.91 Å². The first kappa shape index (κ1) is 26.6. The van der Waals surface area contributed by atoms with Crippen molar-refractivity contribution in [1.29, 1.82) is 0 Å². The van der Waals surface area contributed by atoms with Crippen molar-refractivity contribution in [1.82, 2.24) is 24.9 Å². The average molecular weight is 558 g/mol. The largest absolute Gasteiger partial charge is 0.379 e. The second-order valence-electron chi connectivity index (χ2n) is 10.6. The van der Waals surface area contributed by atoms with Gasteiger partial charge in [-0.1, -0.05) is 30.3 Å². The molecule has 4 aromatic rings. The van der Waals surface area contributed by atoms with Gasteiger partial charge in [0.15, 0.2) is 17.2 Å². The van der Waals surface area contributed by atoms with E-state index in [0.717, 1.165) is 56.0 Å². The molecule has 2 aliphatic carbocycles. The Hall–Kier alpha value is -4.58. The Balaban J connectivity index is 1.14. The van der Waals surface area contributed by atoms with Gasteiger partial charge in [0.1, 0.15) is 11.9 Å². The molecule has 3 heterocycles. The second-order valence-corrected chi connectivity index (χ2v) is 10.6. The topological polar surface area (TPSA) is 151 Å². The summed E-state index contributed by atoms with van der Waals surface area (Å²) in [5, 5.41) is 17.3. The number of hydrogen-bond acceptors (Lipinski definition) is 8. The van der Waals surface area contributed by atoms with Crippen molar-refractivity contribution in [2.75, 3.05) is 16.0 Å². The van der Waals surface area contributed by atoms with E-state index in [1.807, 2.05) is 36.4 Å². The Labute approximate surface area is 236 Å². The van der Waals surface area contributed by atoms with Gasteiger partial charge in [0.05, 0.1) is 23.8 Å². The molecule has 3 aromatic heterocycles. The number of fused-ring (bicyclic) bond motifs is 1. The van der Waals surface area contributed by atoms with Crippen LogP contribution in [0, 0.1) is 5.82 Å². The Bertz CT molecular complexity index is 1550. The number of carbonyl (C=O) groups is 2. The SMILES string of the molecule is N[C@H](C(=O)NC1CCC(Nc2cc(NC3CC3)c3ncc(C(=O)Nc4ccncc4F)n3n2)CC1)c1ccccc1. The Kier molecular flexibility index (Phi) is 7.47. The van der Waals surface area contributed by atoms with Crippen molar-refractivity contribution in [2.24, 2.45) is 5.73 Å². The molecule has 0 unspecified atom stereocenters. The lowest BCUT2D eigenvalue weighted by molar-refractivity contribution is -0.123. The summed E-state index contributed by atoms with van der Waals surface area (Å²) in [5.74, 6) is -0.737. The lowest BCUT2D eigenvalue weighted by Gasteiger charge is -2.30. The molecule has 212 valence electrons. The van der Waals surface area contributed by atoms with Gasteiger partial charge in [-0.2, -0.15) is 0 Å². The zero-order valence-corrected chi connectivity index (χ0v) is 22.4. The second kappa shape index (κ2) is 11.5. The molecule has 6 N–H and O–H groups in total. The molecular formula is C29H32FN9O2. The molecule has 11 nitrogen and oxygen atoms in total. The number of pyridine rings is 1. The number of benzene rings is 1. The van der Waals surface area contributed by atoms with Gasteiger partial charge in [-0.15, -0.1) is 5.10 Å². The summed E-state index contributed by atoms with van der Waals surface area (Å²) in [5.41, 5.74) is 8.45. The first-order chi connectivity index (χ1) is 19.9. The van der Waals surface area contributed by atoms with Crippen LogP contribution in [0.4, 0.5) is 21.6 Å². The smallest absolute Gasteiger partial charge is 0.276 e. The number of carbonyl (C=O) groups excluding carboxylic acids is 2. The van der Waals surface area contributed by atoms with Gasteiger partial charge in [0.25, 0.3) is 5.91 Å². The van der Waals surface area contributed by atoms with Crippen LogP contribution in [0.1, 0.15) is 60.6 Å². The van der Waals surface area contributed by atoms with E-state index in [9.17, 15) is 14.0 Å². The van der Waals surface area contributed by atoms with Crippen LogP contribution in [-0.4, -0.2) is 49.5 Å². The molecule has 12 heteroatoms. The zero-order chi connectivity index (χ0) is 28.3. The minimum atomic E-state index is -0.697. The van der Waals surface area contributed by atoms with E-state index in [1.165, 1.54) is 23.0 Å². The summed E-state index contributed by atoms with van der Waals surface area (Å²) in [4.78, 5) is 33.9. The number of nitrogens with zero attached hydrogens (tertiary/aromatic N) is 4. The normalized spacial score (nSPS) is 19.4. The Morgan fingerprint density at radius 3 is 2.37 bits per heavy atom. The van der Waals surface area contributed by atoms with Crippen LogP contribution in [0.25, 0.3) is 5.65 Å². The van der Waals surface area contributed by atoms with E-state index >= 15 is 0 Å². The van der Waals surface area contributed by atoms with Gasteiger partial charge in [-0.3, -0.25) is 14.6 Å². The summed E-state index contributed by atoms with van der Waals surface area (Å²) >= 11 is 0. The highest BCUT2D eigenvalue weighted by Gasteiger charge is 2.27. The van der Waals surface area contributed by atoms with Gasteiger partial charge < -0.3 is 27.0 Å². The summed E-state index contributed by atoms with van der Waals surface area (Å²) in [6, 6.07) is 12.5. The van der Waals surface area contributed by atoms with Gasteiger partial charge in [-0.05, 0) is 50.2 Å². The van der Waals surface area contributed by atoms with Crippen LogP contribution in [0.15, 0.2) is 61.1 Å². The molecule has 6 rings (SSSR count).